The summed E-state index contributed by atoms with van der Waals surface area (Å²) in [5.74, 6) is 5.02. The second kappa shape index (κ2) is 9.19. The molecule has 0 bridgehead atoms. The third-order valence-corrected chi connectivity index (χ3v) is 3.49. The van der Waals surface area contributed by atoms with Gasteiger partial charge in [0, 0.05) is 12.5 Å². The smallest absolute Gasteiger partial charge is 0.106 e. The number of hydrogen-bond donors (Lipinski definition) is 1. The highest BCUT2D eigenvalue weighted by Gasteiger charge is 2.28. The van der Waals surface area contributed by atoms with Gasteiger partial charge >= 0.3 is 0 Å². The van der Waals surface area contributed by atoms with Crippen LogP contribution in [-0.2, 0) is 6.42 Å². The average molecular weight is 286 g/mol. The predicted molar refractivity (Wildman–Crippen MR) is 86.6 cm³/mol. The van der Waals surface area contributed by atoms with E-state index in [2.05, 4.69) is 23.2 Å². The van der Waals surface area contributed by atoms with Crippen molar-refractivity contribution in [3.8, 4) is 24.7 Å². The molecular formula is C18H23FN2. The summed E-state index contributed by atoms with van der Waals surface area (Å²) in [4.78, 5) is 2.05. The molecule has 1 aliphatic rings. The summed E-state index contributed by atoms with van der Waals surface area (Å²) in [5.41, 5.74) is 2.35. The fraction of sp³-hybridized carbons (Fsp3) is 0.444. The Morgan fingerprint density at radius 3 is 2.62 bits per heavy atom. The van der Waals surface area contributed by atoms with Crippen LogP contribution in [0.4, 0.5) is 4.39 Å². The summed E-state index contributed by atoms with van der Waals surface area (Å²) in [7, 11) is 3.78. The number of fused-ring (bicyclic) bond motifs is 1. The summed E-state index contributed by atoms with van der Waals surface area (Å²) < 4.78 is 13.6. The SMILES string of the molecule is C#CCN(C)C1CC(F)Cc2ccccc21.C#CCNC. The molecule has 0 amide bonds. The number of nitrogens with one attached hydrogen (secondary N) is 1. The minimum absolute atomic E-state index is 0.121. The van der Waals surface area contributed by atoms with Gasteiger partial charge in [-0.2, -0.15) is 0 Å². The lowest BCUT2D eigenvalue weighted by Crippen LogP contribution is -2.32. The van der Waals surface area contributed by atoms with Gasteiger partial charge in [-0.1, -0.05) is 36.1 Å². The van der Waals surface area contributed by atoms with Gasteiger partial charge in [-0.05, 0) is 31.6 Å². The van der Waals surface area contributed by atoms with Crippen molar-refractivity contribution < 1.29 is 4.39 Å². The Labute approximate surface area is 127 Å². The molecule has 0 spiro atoms. The first-order valence-electron chi connectivity index (χ1n) is 7.07. The summed E-state index contributed by atoms with van der Waals surface area (Å²) in [6, 6.07) is 8.19. The molecule has 2 nitrogen and oxygen atoms in total. The van der Waals surface area contributed by atoms with Gasteiger partial charge in [0.05, 0.1) is 13.1 Å². The molecule has 1 aromatic rings. The van der Waals surface area contributed by atoms with E-state index in [0.29, 0.717) is 25.9 Å². The molecule has 0 fully saturated rings. The third-order valence-electron chi connectivity index (χ3n) is 3.49. The zero-order valence-corrected chi connectivity index (χ0v) is 12.8. The van der Waals surface area contributed by atoms with Crippen LogP contribution >= 0.6 is 0 Å². The van der Waals surface area contributed by atoms with Gasteiger partial charge in [0.25, 0.3) is 0 Å². The third kappa shape index (κ3) is 5.23. The van der Waals surface area contributed by atoms with E-state index in [0.717, 1.165) is 5.56 Å². The number of halogens is 1. The number of rotatable bonds is 3. The summed E-state index contributed by atoms with van der Waals surface area (Å²) >= 11 is 0. The molecule has 2 rings (SSSR count). The molecule has 2 atom stereocenters. The minimum atomic E-state index is -0.750. The lowest BCUT2D eigenvalue weighted by molar-refractivity contribution is 0.180. The number of benzene rings is 1. The fourth-order valence-corrected chi connectivity index (χ4v) is 2.51. The van der Waals surface area contributed by atoms with Gasteiger partial charge in [-0.15, -0.1) is 12.8 Å². The van der Waals surface area contributed by atoms with E-state index < -0.39 is 6.17 Å². The second-order valence-corrected chi connectivity index (χ2v) is 5.11. The van der Waals surface area contributed by atoms with Gasteiger partial charge in [0.15, 0.2) is 0 Å². The molecular weight excluding hydrogens is 263 g/mol. The average Bonchev–Trinajstić information content (AvgIpc) is 2.48. The monoisotopic (exact) mass is 286 g/mol. The van der Waals surface area contributed by atoms with E-state index >= 15 is 0 Å². The normalized spacial score (nSPS) is 19.7. The standard InChI is InChI=1S/C14H16FN.C4H7N/c1-3-8-16(2)14-10-12(15)9-11-6-4-5-7-13(11)14;1-3-4-5-2/h1,4-7,12,14H,8-10H2,2H3;1,5H,4H2,2H3. The van der Waals surface area contributed by atoms with Crippen LogP contribution in [0.15, 0.2) is 24.3 Å². The van der Waals surface area contributed by atoms with Gasteiger partial charge < -0.3 is 5.32 Å². The van der Waals surface area contributed by atoms with Crippen molar-refractivity contribution >= 4 is 0 Å². The molecule has 1 aliphatic carbocycles. The van der Waals surface area contributed by atoms with Crippen LogP contribution in [0, 0.1) is 24.7 Å². The van der Waals surface area contributed by atoms with E-state index in [4.69, 9.17) is 12.8 Å². The molecule has 0 saturated heterocycles. The first-order valence-corrected chi connectivity index (χ1v) is 7.07. The number of alkyl halides is 1. The van der Waals surface area contributed by atoms with Crippen LogP contribution in [0.1, 0.15) is 23.6 Å². The summed E-state index contributed by atoms with van der Waals surface area (Å²) in [6.45, 7) is 1.23. The summed E-state index contributed by atoms with van der Waals surface area (Å²) in [5, 5.41) is 2.78. The van der Waals surface area contributed by atoms with E-state index in [9.17, 15) is 4.39 Å². The maximum atomic E-state index is 13.6. The topological polar surface area (TPSA) is 15.3 Å². The molecule has 3 heteroatoms. The first-order chi connectivity index (χ1) is 10.1. The van der Waals surface area contributed by atoms with Crippen LogP contribution in [0.25, 0.3) is 0 Å². The van der Waals surface area contributed by atoms with Crippen molar-refractivity contribution in [3.63, 3.8) is 0 Å². The van der Waals surface area contributed by atoms with Crippen LogP contribution in [0.3, 0.4) is 0 Å². The van der Waals surface area contributed by atoms with Gasteiger partial charge in [0.2, 0.25) is 0 Å². The van der Waals surface area contributed by atoms with Gasteiger partial charge in [-0.3, -0.25) is 4.90 Å². The maximum absolute atomic E-state index is 13.6. The van der Waals surface area contributed by atoms with E-state index in [1.165, 1.54) is 5.56 Å². The quantitative estimate of drug-likeness (QED) is 0.859. The molecule has 21 heavy (non-hydrogen) atoms. The molecule has 0 saturated carbocycles. The van der Waals surface area contributed by atoms with E-state index in [1.54, 1.807) is 0 Å². The number of hydrogen-bond acceptors (Lipinski definition) is 2. The maximum Gasteiger partial charge on any atom is 0.106 e. The molecule has 0 aromatic heterocycles. The Hall–Kier alpha value is -1.81. The lowest BCUT2D eigenvalue weighted by atomic mass is 9.86. The van der Waals surface area contributed by atoms with Crippen LogP contribution in [0.5, 0.6) is 0 Å². The molecule has 1 N–H and O–H groups in total. The van der Waals surface area contributed by atoms with Crippen molar-refractivity contribution in [1.29, 1.82) is 0 Å². The highest BCUT2D eigenvalue weighted by Crippen LogP contribution is 2.34. The van der Waals surface area contributed by atoms with Crippen molar-refractivity contribution in [3.05, 3.63) is 35.4 Å². The molecule has 2 unspecified atom stereocenters. The zero-order chi connectivity index (χ0) is 15.7. The zero-order valence-electron chi connectivity index (χ0n) is 12.8. The first kappa shape index (κ1) is 17.2. The van der Waals surface area contributed by atoms with Crippen molar-refractivity contribution in [2.75, 3.05) is 27.2 Å². The Balaban J connectivity index is 0.000000383. The molecule has 0 aliphatic heterocycles. The molecule has 112 valence electrons. The highest BCUT2D eigenvalue weighted by atomic mass is 19.1. The van der Waals surface area contributed by atoms with Crippen LogP contribution in [-0.4, -0.2) is 38.3 Å². The van der Waals surface area contributed by atoms with Crippen LogP contribution < -0.4 is 5.32 Å². The lowest BCUT2D eigenvalue weighted by Gasteiger charge is -2.33. The van der Waals surface area contributed by atoms with Crippen LogP contribution in [0.2, 0.25) is 0 Å². The second-order valence-electron chi connectivity index (χ2n) is 5.11. The number of terminal acetylenes is 2. The largest absolute Gasteiger partial charge is 0.309 e. The Morgan fingerprint density at radius 2 is 2.05 bits per heavy atom. The molecule has 0 radical (unpaired) electrons. The Bertz CT molecular complexity index is 513. The molecule has 0 heterocycles. The van der Waals surface area contributed by atoms with Crippen molar-refractivity contribution in [2.45, 2.75) is 25.1 Å². The number of nitrogens with zero attached hydrogens (tertiary/aromatic N) is 1. The Kier molecular flexibility index (Phi) is 7.54. The Morgan fingerprint density at radius 1 is 1.33 bits per heavy atom. The minimum Gasteiger partial charge on any atom is -0.309 e. The van der Waals surface area contributed by atoms with E-state index in [1.807, 2.05) is 37.2 Å². The molecule has 1 aromatic carbocycles. The van der Waals surface area contributed by atoms with Gasteiger partial charge in [-0.25, -0.2) is 4.39 Å². The van der Waals surface area contributed by atoms with Gasteiger partial charge in [0.1, 0.15) is 6.17 Å². The van der Waals surface area contributed by atoms with Crippen molar-refractivity contribution in [2.24, 2.45) is 0 Å². The highest BCUT2D eigenvalue weighted by molar-refractivity contribution is 5.33. The summed E-state index contributed by atoms with van der Waals surface area (Å²) in [6.07, 6.45) is 10.5. The predicted octanol–water partition coefficient (Wildman–Crippen LogP) is 2.42. The van der Waals surface area contributed by atoms with E-state index in [-0.39, 0.29) is 6.04 Å². The van der Waals surface area contributed by atoms with Crippen molar-refractivity contribution in [1.82, 2.24) is 10.2 Å². The fourth-order valence-electron chi connectivity index (χ4n) is 2.51.